The van der Waals surface area contributed by atoms with Crippen LogP contribution in [0.25, 0.3) is 0 Å². The van der Waals surface area contributed by atoms with Crippen LogP contribution in [0.2, 0.25) is 10.0 Å². The van der Waals surface area contributed by atoms with Gasteiger partial charge in [-0.05, 0) is 12.1 Å². The molecule has 0 fully saturated rings. The number of hydrogen-bond donors (Lipinski definition) is 2. The van der Waals surface area contributed by atoms with Gasteiger partial charge < -0.3 is 5.73 Å². The van der Waals surface area contributed by atoms with Crippen molar-refractivity contribution in [3.63, 3.8) is 0 Å². The van der Waals surface area contributed by atoms with Gasteiger partial charge in [0.25, 0.3) is 0 Å². The zero-order valence-electron chi connectivity index (χ0n) is 6.44. The molecule has 1 heterocycles. The number of amidine groups is 2. The molecule has 5 heteroatoms. The van der Waals surface area contributed by atoms with E-state index in [9.17, 15) is 0 Å². The number of nitrogens with one attached hydrogen (secondary N) is 1. The Morgan fingerprint density at radius 1 is 1.31 bits per heavy atom. The topological polar surface area (TPSA) is 62.2 Å². The number of aliphatic imine (C=N–C) groups is 1. The van der Waals surface area contributed by atoms with Crippen molar-refractivity contribution >= 4 is 34.9 Å². The highest BCUT2D eigenvalue weighted by atomic mass is 35.5. The first-order chi connectivity index (χ1) is 6.11. The second-order valence-electron chi connectivity index (χ2n) is 2.63. The van der Waals surface area contributed by atoms with Gasteiger partial charge in [0.2, 0.25) is 0 Å². The molecule has 1 aromatic carbocycles. The van der Waals surface area contributed by atoms with E-state index in [-0.39, 0.29) is 5.84 Å². The summed E-state index contributed by atoms with van der Waals surface area (Å²) in [6.45, 7) is 0. The van der Waals surface area contributed by atoms with Gasteiger partial charge in [0.15, 0.2) is 5.84 Å². The zero-order valence-corrected chi connectivity index (χ0v) is 7.95. The van der Waals surface area contributed by atoms with Gasteiger partial charge in [-0.3, -0.25) is 5.41 Å². The van der Waals surface area contributed by atoms with Gasteiger partial charge in [-0.15, -0.1) is 0 Å². The van der Waals surface area contributed by atoms with Crippen molar-refractivity contribution < 1.29 is 0 Å². The molecule has 0 saturated carbocycles. The third-order valence-corrected chi connectivity index (χ3v) is 2.64. The fourth-order valence-corrected chi connectivity index (χ4v) is 1.64. The van der Waals surface area contributed by atoms with Gasteiger partial charge in [0.05, 0.1) is 10.0 Å². The minimum absolute atomic E-state index is 0.0694. The largest absolute Gasteiger partial charge is 0.383 e. The first-order valence-corrected chi connectivity index (χ1v) is 4.28. The molecule has 1 aliphatic rings. The smallest absolute Gasteiger partial charge is 0.156 e. The van der Waals surface area contributed by atoms with Crippen LogP contribution in [-0.2, 0) is 0 Å². The third-order valence-electron chi connectivity index (χ3n) is 1.84. The molecule has 66 valence electrons. The molecule has 1 aromatic rings. The Balaban J connectivity index is 2.77. The minimum atomic E-state index is 0.0694. The number of nitrogens with zero attached hydrogens (tertiary/aromatic N) is 1. The molecule has 0 amide bonds. The van der Waals surface area contributed by atoms with Gasteiger partial charge in [-0.1, -0.05) is 23.2 Å². The molecule has 2 rings (SSSR count). The Bertz CT molecular complexity index is 437. The zero-order chi connectivity index (χ0) is 9.59. The number of benzene rings is 1. The Hall–Kier alpha value is -1.06. The predicted octanol–water partition coefficient (Wildman–Crippen LogP) is 2.04. The molecule has 3 N–H and O–H groups in total. The number of fused-ring (bicyclic) bond motifs is 1. The molecule has 0 radical (unpaired) electrons. The monoisotopic (exact) mass is 213 g/mol. The van der Waals surface area contributed by atoms with E-state index >= 15 is 0 Å². The lowest BCUT2D eigenvalue weighted by atomic mass is 10.1. The highest BCUT2D eigenvalue weighted by Crippen LogP contribution is 2.31. The Kier molecular flexibility index (Phi) is 1.78. The van der Waals surface area contributed by atoms with E-state index in [2.05, 4.69) is 4.99 Å². The van der Waals surface area contributed by atoms with Gasteiger partial charge in [-0.2, -0.15) is 0 Å². The summed E-state index contributed by atoms with van der Waals surface area (Å²) in [6.07, 6.45) is 0. The normalized spacial score (nSPS) is 14.3. The van der Waals surface area contributed by atoms with Crippen LogP contribution in [0.1, 0.15) is 11.1 Å². The van der Waals surface area contributed by atoms with Crippen LogP contribution in [0.4, 0.5) is 0 Å². The summed E-state index contributed by atoms with van der Waals surface area (Å²) in [5.74, 6) is 0.388. The van der Waals surface area contributed by atoms with Crippen LogP contribution in [0.5, 0.6) is 0 Å². The van der Waals surface area contributed by atoms with Crippen molar-refractivity contribution in [1.29, 1.82) is 5.41 Å². The van der Waals surface area contributed by atoms with Crippen LogP contribution >= 0.6 is 23.2 Å². The molecule has 0 aromatic heterocycles. The maximum Gasteiger partial charge on any atom is 0.156 e. The van der Waals surface area contributed by atoms with E-state index in [1.807, 2.05) is 0 Å². The van der Waals surface area contributed by atoms with E-state index in [1.54, 1.807) is 12.1 Å². The lowest BCUT2D eigenvalue weighted by Gasteiger charge is -2.02. The molecule has 0 saturated heterocycles. The van der Waals surface area contributed by atoms with Crippen LogP contribution < -0.4 is 5.73 Å². The Labute approximate surface area is 84.7 Å². The first kappa shape index (κ1) is 8.53. The number of hydrogen-bond acceptors (Lipinski definition) is 2. The standard InChI is InChI=1S/C8H5Cl2N3/c9-4-2-1-3-5(6(4)10)8(12)13-7(3)11/h1-2H,(H3,11,12,13). The lowest BCUT2D eigenvalue weighted by Crippen LogP contribution is -2.10. The van der Waals surface area contributed by atoms with Crippen molar-refractivity contribution in [2.75, 3.05) is 0 Å². The van der Waals surface area contributed by atoms with Crippen molar-refractivity contribution in [3.05, 3.63) is 33.3 Å². The van der Waals surface area contributed by atoms with Gasteiger partial charge in [0, 0.05) is 11.1 Å². The number of rotatable bonds is 0. The molecule has 13 heavy (non-hydrogen) atoms. The van der Waals surface area contributed by atoms with Gasteiger partial charge >= 0.3 is 0 Å². The minimum Gasteiger partial charge on any atom is -0.383 e. The summed E-state index contributed by atoms with van der Waals surface area (Å²) in [6, 6.07) is 3.35. The van der Waals surface area contributed by atoms with E-state index in [0.29, 0.717) is 27.0 Å². The van der Waals surface area contributed by atoms with Gasteiger partial charge in [-0.25, -0.2) is 4.99 Å². The average molecular weight is 214 g/mol. The molecule has 3 nitrogen and oxygen atoms in total. The summed E-state index contributed by atoms with van der Waals surface area (Å²) in [4.78, 5) is 3.79. The third kappa shape index (κ3) is 1.12. The molecular formula is C8H5Cl2N3. The maximum absolute atomic E-state index is 7.49. The second-order valence-corrected chi connectivity index (χ2v) is 3.41. The summed E-state index contributed by atoms with van der Waals surface area (Å²) in [5.41, 5.74) is 6.76. The highest BCUT2D eigenvalue weighted by molar-refractivity contribution is 6.45. The molecule has 0 aliphatic carbocycles. The summed E-state index contributed by atoms with van der Waals surface area (Å²) < 4.78 is 0. The van der Waals surface area contributed by atoms with E-state index in [4.69, 9.17) is 34.3 Å². The van der Waals surface area contributed by atoms with E-state index in [0.717, 1.165) is 0 Å². The van der Waals surface area contributed by atoms with Gasteiger partial charge in [0.1, 0.15) is 5.84 Å². The van der Waals surface area contributed by atoms with Crippen molar-refractivity contribution in [3.8, 4) is 0 Å². The quantitative estimate of drug-likeness (QED) is 0.681. The Morgan fingerprint density at radius 3 is 2.69 bits per heavy atom. The SMILES string of the molecule is N=C1N=C(N)c2ccc(Cl)c(Cl)c21. The molecule has 0 spiro atoms. The number of nitrogens with two attached hydrogens (primary N) is 1. The summed E-state index contributed by atoms with van der Waals surface area (Å²) in [5, 5.41) is 8.24. The van der Waals surface area contributed by atoms with Crippen LogP contribution in [-0.4, -0.2) is 11.7 Å². The summed E-state index contributed by atoms with van der Waals surface area (Å²) >= 11 is 11.7. The maximum atomic E-state index is 7.49. The highest BCUT2D eigenvalue weighted by Gasteiger charge is 2.22. The molecule has 1 aliphatic heterocycles. The fourth-order valence-electron chi connectivity index (χ4n) is 1.23. The molecular weight excluding hydrogens is 209 g/mol. The van der Waals surface area contributed by atoms with Crippen LogP contribution in [0, 0.1) is 5.41 Å². The first-order valence-electron chi connectivity index (χ1n) is 3.52. The fraction of sp³-hybridized carbons (Fsp3) is 0. The van der Waals surface area contributed by atoms with Crippen LogP contribution in [0.3, 0.4) is 0 Å². The number of halogens is 2. The molecule has 0 bridgehead atoms. The summed E-state index contributed by atoms with van der Waals surface area (Å²) in [7, 11) is 0. The van der Waals surface area contributed by atoms with E-state index in [1.165, 1.54) is 0 Å². The van der Waals surface area contributed by atoms with E-state index < -0.39 is 0 Å². The average Bonchev–Trinajstić information content (AvgIpc) is 2.35. The van der Waals surface area contributed by atoms with Crippen LogP contribution in [0.15, 0.2) is 17.1 Å². The molecule has 0 unspecified atom stereocenters. The van der Waals surface area contributed by atoms with Crippen molar-refractivity contribution in [1.82, 2.24) is 0 Å². The predicted molar refractivity (Wildman–Crippen MR) is 54.0 cm³/mol. The second kappa shape index (κ2) is 2.72. The van der Waals surface area contributed by atoms with Crippen molar-refractivity contribution in [2.24, 2.45) is 10.7 Å². The van der Waals surface area contributed by atoms with Crippen molar-refractivity contribution in [2.45, 2.75) is 0 Å². The Morgan fingerprint density at radius 2 is 2.00 bits per heavy atom. The lowest BCUT2D eigenvalue weighted by molar-refractivity contribution is 1.45. The molecule has 0 atom stereocenters.